The molecule has 10 nitrogen and oxygen atoms in total. The lowest BCUT2D eigenvalue weighted by molar-refractivity contribution is -0.148. The van der Waals surface area contributed by atoms with Crippen molar-refractivity contribution >= 4 is 47.2 Å². The number of carbonyl (C=O) groups excluding carboxylic acids is 4. The summed E-state index contributed by atoms with van der Waals surface area (Å²) in [6.45, 7) is 5.67. The van der Waals surface area contributed by atoms with Crippen molar-refractivity contribution in [3.8, 4) is 0 Å². The number of nitrogens with one attached hydrogen (secondary N) is 3. The number of aliphatic hydroxyl groups is 2. The molecular formula is C38H46N4O6S2. The molecule has 0 saturated carbocycles. The van der Waals surface area contributed by atoms with Crippen molar-refractivity contribution in [3.05, 3.63) is 107 Å². The van der Waals surface area contributed by atoms with Crippen LogP contribution in [0, 0.1) is 6.92 Å². The number of hydrogen-bond donors (Lipinski definition) is 5. The highest BCUT2D eigenvalue weighted by molar-refractivity contribution is 8.00. The number of rotatable bonds is 13. The van der Waals surface area contributed by atoms with E-state index in [9.17, 15) is 29.4 Å². The van der Waals surface area contributed by atoms with Gasteiger partial charge in [-0.15, -0.1) is 11.8 Å². The highest BCUT2D eigenvalue weighted by atomic mass is 32.2. The third-order valence-electron chi connectivity index (χ3n) is 9.44. The maximum Gasteiger partial charge on any atom is 0.254 e. The minimum atomic E-state index is -1.70. The number of fused-ring (bicyclic) bond motifs is 1. The van der Waals surface area contributed by atoms with E-state index in [4.69, 9.17) is 0 Å². The predicted molar refractivity (Wildman–Crippen MR) is 197 cm³/mol. The molecular weight excluding hydrogens is 673 g/mol. The first-order valence-electron chi connectivity index (χ1n) is 16.8. The lowest BCUT2D eigenvalue weighted by Crippen LogP contribution is -2.60. The summed E-state index contributed by atoms with van der Waals surface area (Å²) in [5.41, 5.74) is 4.41. The molecule has 2 aliphatic rings. The fourth-order valence-corrected chi connectivity index (χ4v) is 8.41. The Morgan fingerprint density at radius 2 is 1.66 bits per heavy atom. The molecule has 12 heteroatoms. The first kappa shape index (κ1) is 37.4. The lowest BCUT2D eigenvalue weighted by atomic mass is 9.96. The number of thioether (sulfide) groups is 2. The van der Waals surface area contributed by atoms with Gasteiger partial charge in [0.25, 0.3) is 5.91 Å². The van der Waals surface area contributed by atoms with Crippen molar-refractivity contribution in [1.29, 1.82) is 0 Å². The van der Waals surface area contributed by atoms with E-state index in [1.165, 1.54) is 28.4 Å². The number of hydrogen-bond acceptors (Lipinski definition) is 8. The predicted octanol–water partition coefficient (Wildman–Crippen LogP) is 2.93. The van der Waals surface area contributed by atoms with Gasteiger partial charge in [-0.05, 0) is 61.3 Å². The maximum atomic E-state index is 14.2. The zero-order chi connectivity index (χ0) is 36.0. The second-order valence-electron chi connectivity index (χ2n) is 13.5. The van der Waals surface area contributed by atoms with Crippen LogP contribution in [0.15, 0.2) is 78.9 Å². The molecule has 50 heavy (non-hydrogen) atoms. The van der Waals surface area contributed by atoms with Crippen molar-refractivity contribution in [1.82, 2.24) is 20.9 Å². The van der Waals surface area contributed by atoms with Crippen LogP contribution in [0.25, 0.3) is 0 Å². The Bertz CT molecular complexity index is 1690. The molecule has 6 atom stereocenters. The normalized spacial score (nSPS) is 21.1. The highest BCUT2D eigenvalue weighted by Crippen LogP contribution is 2.41. The molecule has 4 amide bonds. The Balaban J connectivity index is 1.34. The molecule has 1 aliphatic carbocycles. The van der Waals surface area contributed by atoms with E-state index < -0.39 is 58.8 Å². The summed E-state index contributed by atoms with van der Waals surface area (Å²) in [6, 6.07) is 20.8. The van der Waals surface area contributed by atoms with Crippen LogP contribution in [0.4, 0.5) is 0 Å². The summed E-state index contributed by atoms with van der Waals surface area (Å²) in [7, 11) is 0. The molecule has 0 radical (unpaired) electrons. The molecule has 5 N–H and O–H groups in total. The standard InChI is InChI=1S/C38H46N4O6S2/c1-23-12-8-9-15-25(23)20-31(44)39-29(21-49-4)35(46)40-28(18-24-13-6-5-7-14-24)33(45)37(48)42-22-50-38(2,3)34(42)36(47)41-32-27-17-11-10-16-26(27)19-30(32)43/h5-17,28-30,32-34,43,45H,18-22H2,1-4H3,(H,39,44)(H,40,46)(H,41,47)/t28-,29-,30+,32-,33-,34?/m0/s1. The van der Waals surface area contributed by atoms with Gasteiger partial charge in [0, 0.05) is 16.9 Å². The number of nitrogens with zero attached hydrogens (tertiary/aromatic N) is 1. The topological polar surface area (TPSA) is 148 Å². The van der Waals surface area contributed by atoms with Crippen LogP contribution in [0.1, 0.15) is 47.7 Å². The summed E-state index contributed by atoms with van der Waals surface area (Å²) in [5.74, 6) is -1.53. The first-order valence-corrected chi connectivity index (χ1v) is 19.1. The van der Waals surface area contributed by atoms with Gasteiger partial charge in [0.15, 0.2) is 6.10 Å². The van der Waals surface area contributed by atoms with Gasteiger partial charge in [-0.25, -0.2) is 0 Å². The van der Waals surface area contributed by atoms with Crippen molar-refractivity contribution in [3.63, 3.8) is 0 Å². The van der Waals surface area contributed by atoms with Crippen LogP contribution in [-0.2, 0) is 38.4 Å². The summed E-state index contributed by atoms with van der Waals surface area (Å²) < 4.78 is -0.703. The SMILES string of the molecule is CSC[C@H](NC(=O)Cc1ccccc1C)C(=O)N[C@@H](Cc1ccccc1)[C@H](O)C(=O)N1CSC(C)(C)C1C(=O)N[C@H]1c2ccccc2C[C@H]1O. The number of amides is 4. The molecule has 0 spiro atoms. The Morgan fingerprint density at radius 3 is 2.38 bits per heavy atom. The summed E-state index contributed by atoms with van der Waals surface area (Å²) >= 11 is 2.81. The van der Waals surface area contributed by atoms with E-state index in [1.54, 1.807) is 0 Å². The molecule has 3 aromatic rings. The Labute approximate surface area is 302 Å². The van der Waals surface area contributed by atoms with Crippen molar-refractivity contribution < 1.29 is 29.4 Å². The van der Waals surface area contributed by atoms with Crippen molar-refractivity contribution in [2.24, 2.45) is 0 Å². The largest absolute Gasteiger partial charge is 0.390 e. The van der Waals surface area contributed by atoms with E-state index in [1.807, 2.05) is 106 Å². The van der Waals surface area contributed by atoms with Crippen molar-refractivity contribution in [2.75, 3.05) is 17.9 Å². The summed E-state index contributed by atoms with van der Waals surface area (Å²) in [5, 5.41) is 31.2. The van der Waals surface area contributed by atoms with Crippen LogP contribution in [0.3, 0.4) is 0 Å². The molecule has 1 aliphatic heterocycles. The number of carbonyl (C=O) groups is 4. The number of aliphatic hydroxyl groups excluding tert-OH is 2. The Morgan fingerprint density at radius 1 is 0.980 bits per heavy atom. The van der Waals surface area contributed by atoms with E-state index in [0.717, 1.165) is 27.8 Å². The fraction of sp³-hybridized carbons (Fsp3) is 0.421. The van der Waals surface area contributed by atoms with E-state index in [2.05, 4.69) is 16.0 Å². The molecule has 1 fully saturated rings. The minimum Gasteiger partial charge on any atom is -0.390 e. The Kier molecular flexibility index (Phi) is 12.3. The van der Waals surface area contributed by atoms with Gasteiger partial charge >= 0.3 is 0 Å². The van der Waals surface area contributed by atoms with Crippen LogP contribution >= 0.6 is 23.5 Å². The number of aryl methyl sites for hydroxylation is 1. The first-order chi connectivity index (χ1) is 23.9. The van der Waals surface area contributed by atoms with Gasteiger partial charge in [-0.1, -0.05) is 78.9 Å². The summed E-state index contributed by atoms with van der Waals surface area (Å²) in [4.78, 5) is 56.3. The van der Waals surface area contributed by atoms with Gasteiger partial charge in [0.1, 0.15) is 12.1 Å². The quantitative estimate of drug-likeness (QED) is 0.181. The minimum absolute atomic E-state index is 0.106. The smallest absolute Gasteiger partial charge is 0.254 e. The van der Waals surface area contributed by atoms with E-state index in [-0.39, 0.29) is 30.4 Å². The molecule has 1 unspecified atom stereocenters. The van der Waals surface area contributed by atoms with Gasteiger partial charge in [-0.3, -0.25) is 19.2 Å². The average Bonchev–Trinajstić information content (AvgIpc) is 3.59. The molecule has 3 aromatic carbocycles. The average molecular weight is 719 g/mol. The van der Waals surface area contributed by atoms with Crippen LogP contribution in [0.2, 0.25) is 0 Å². The van der Waals surface area contributed by atoms with Crippen LogP contribution < -0.4 is 16.0 Å². The molecule has 1 heterocycles. The molecule has 0 bridgehead atoms. The zero-order valence-corrected chi connectivity index (χ0v) is 30.4. The van der Waals surface area contributed by atoms with Crippen molar-refractivity contribution in [2.45, 2.75) is 81.2 Å². The number of benzene rings is 3. The van der Waals surface area contributed by atoms with Crippen LogP contribution in [-0.4, -0.2) is 91.7 Å². The second kappa shape index (κ2) is 16.5. The van der Waals surface area contributed by atoms with E-state index >= 15 is 0 Å². The van der Waals surface area contributed by atoms with Gasteiger partial charge in [0.2, 0.25) is 17.7 Å². The maximum absolute atomic E-state index is 14.2. The molecule has 1 saturated heterocycles. The lowest BCUT2D eigenvalue weighted by Gasteiger charge is -2.34. The van der Waals surface area contributed by atoms with Gasteiger partial charge in [0.05, 0.1) is 30.5 Å². The second-order valence-corrected chi connectivity index (χ2v) is 16.0. The monoisotopic (exact) mass is 718 g/mol. The van der Waals surface area contributed by atoms with Crippen LogP contribution in [0.5, 0.6) is 0 Å². The molecule has 266 valence electrons. The zero-order valence-electron chi connectivity index (χ0n) is 28.8. The highest BCUT2D eigenvalue weighted by Gasteiger charge is 2.51. The van der Waals surface area contributed by atoms with E-state index in [0.29, 0.717) is 6.42 Å². The third-order valence-corrected chi connectivity index (χ3v) is 11.5. The Hall–Kier alpha value is -3.84. The fourth-order valence-electron chi connectivity index (χ4n) is 6.70. The van der Waals surface area contributed by atoms with Gasteiger partial charge in [-0.2, -0.15) is 11.8 Å². The molecule has 0 aromatic heterocycles. The molecule has 5 rings (SSSR count). The van der Waals surface area contributed by atoms with Gasteiger partial charge < -0.3 is 31.1 Å². The third kappa shape index (κ3) is 8.71. The summed E-state index contributed by atoms with van der Waals surface area (Å²) in [6.07, 6.45) is -0.0199.